The van der Waals surface area contributed by atoms with Crippen LogP contribution in [0.5, 0.6) is 0 Å². The van der Waals surface area contributed by atoms with Crippen molar-refractivity contribution < 1.29 is 13.3 Å². The first-order valence-corrected chi connectivity index (χ1v) is 4.63. The molecule has 0 saturated heterocycles. The summed E-state index contributed by atoms with van der Waals surface area (Å²) in [4.78, 5) is 3.82. The van der Waals surface area contributed by atoms with Gasteiger partial charge in [0, 0.05) is 0 Å². The van der Waals surface area contributed by atoms with Crippen molar-refractivity contribution >= 4 is 0 Å². The van der Waals surface area contributed by atoms with Gasteiger partial charge in [-0.1, -0.05) is 11.2 Å². The largest absolute Gasteiger partial charge is 0.337 e. The molecule has 0 aliphatic carbocycles. The summed E-state index contributed by atoms with van der Waals surface area (Å²) in [5, 5.41) is 3.48. The molecule has 2 rings (SSSR count). The summed E-state index contributed by atoms with van der Waals surface area (Å²) < 4.78 is 31.5. The van der Waals surface area contributed by atoms with Crippen LogP contribution in [0.25, 0.3) is 11.4 Å². The predicted molar refractivity (Wildman–Crippen MR) is 52.3 cm³/mol. The SMILES string of the molecule is C[C@H](N)c1nc(-c2c(F)cccc2F)no1. The van der Waals surface area contributed by atoms with Crippen LogP contribution in [0, 0.1) is 11.6 Å². The highest BCUT2D eigenvalue weighted by Crippen LogP contribution is 2.23. The molecule has 0 unspecified atom stereocenters. The van der Waals surface area contributed by atoms with Gasteiger partial charge in [-0.15, -0.1) is 0 Å². The van der Waals surface area contributed by atoms with Gasteiger partial charge in [0.2, 0.25) is 11.7 Å². The minimum absolute atomic E-state index is 0.136. The lowest BCUT2D eigenvalue weighted by molar-refractivity contribution is 0.361. The van der Waals surface area contributed by atoms with Gasteiger partial charge in [0.25, 0.3) is 0 Å². The maximum absolute atomic E-state index is 13.4. The predicted octanol–water partition coefficient (Wildman–Crippen LogP) is 2.03. The second kappa shape index (κ2) is 3.97. The third-order valence-corrected chi connectivity index (χ3v) is 2.02. The molecule has 0 radical (unpaired) electrons. The molecule has 6 heteroatoms. The number of nitrogens with zero attached hydrogens (tertiary/aromatic N) is 2. The summed E-state index contributed by atoms with van der Waals surface area (Å²) >= 11 is 0. The van der Waals surface area contributed by atoms with Crippen LogP contribution in [0.2, 0.25) is 0 Å². The van der Waals surface area contributed by atoms with E-state index < -0.39 is 17.7 Å². The quantitative estimate of drug-likeness (QED) is 0.849. The highest BCUT2D eigenvalue weighted by atomic mass is 19.1. The lowest BCUT2D eigenvalue weighted by Gasteiger charge is -1.98. The first kappa shape index (κ1) is 10.7. The fourth-order valence-corrected chi connectivity index (χ4v) is 1.23. The Kier molecular flexibility index (Phi) is 2.66. The molecule has 0 bridgehead atoms. The average molecular weight is 225 g/mol. The van der Waals surface area contributed by atoms with Crippen LogP contribution in [-0.4, -0.2) is 10.1 Å². The van der Waals surface area contributed by atoms with Crippen molar-refractivity contribution in [2.45, 2.75) is 13.0 Å². The second-order valence-electron chi connectivity index (χ2n) is 3.34. The Bertz CT molecular complexity index is 490. The topological polar surface area (TPSA) is 64.9 Å². The summed E-state index contributed by atoms with van der Waals surface area (Å²) in [5.74, 6) is -1.48. The van der Waals surface area contributed by atoms with Crippen LogP contribution in [0.15, 0.2) is 22.7 Å². The van der Waals surface area contributed by atoms with Crippen LogP contribution in [0.4, 0.5) is 8.78 Å². The van der Waals surface area contributed by atoms with Gasteiger partial charge in [-0.05, 0) is 19.1 Å². The summed E-state index contributed by atoms with van der Waals surface area (Å²) in [7, 11) is 0. The van der Waals surface area contributed by atoms with Crippen LogP contribution < -0.4 is 5.73 Å². The number of aromatic nitrogens is 2. The Morgan fingerprint density at radius 2 is 1.94 bits per heavy atom. The number of nitrogens with two attached hydrogens (primary N) is 1. The van der Waals surface area contributed by atoms with Gasteiger partial charge in [0.1, 0.15) is 11.6 Å². The molecule has 1 aromatic carbocycles. The number of hydrogen-bond acceptors (Lipinski definition) is 4. The molecule has 2 N–H and O–H groups in total. The Morgan fingerprint density at radius 3 is 2.44 bits per heavy atom. The molecule has 0 spiro atoms. The van der Waals surface area contributed by atoms with Crippen molar-refractivity contribution in [3.8, 4) is 11.4 Å². The summed E-state index contributed by atoms with van der Waals surface area (Å²) in [6.45, 7) is 1.63. The summed E-state index contributed by atoms with van der Waals surface area (Å²) in [6, 6.07) is 3.04. The van der Waals surface area contributed by atoms with Gasteiger partial charge in [-0.25, -0.2) is 8.78 Å². The van der Waals surface area contributed by atoms with E-state index in [-0.39, 0.29) is 17.3 Å². The van der Waals surface area contributed by atoms with Crippen LogP contribution >= 0.6 is 0 Å². The lowest BCUT2D eigenvalue weighted by Crippen LogP contribution is -2.05. The highest BCUT2D eigenvalue weighted by Gasteiger charge is 2.18. The Morgan fingerprint density at radius 1 is 1.31 bits per heavy atom. The van der Waals surface area contributed by atoms with Crippen molar-refractivity contribution in [3.05, 3.63) is 35.7 Å². The van der Waals surface area contributed by atoms with Gasteiger partial charge >= 0.3 is 0 Å². The number of rotatable bonds is 2. The minimum atomic E-state index is -0.739. The van der Waals surface area contributed by atoms with E-state index in [1.807, 2.05) is 0 Å². The van der Waals surface area contributed by atoms with Gasteiger partial charge in [-0.2, -0.15) is 4.98 Å². The van der Waals surface area contributed by atoms with Crippen molar-refractivity contribution in [2.75, 3.05) is 0 Å². The number of benzene rings is 1. The second-order valence-corrected chi connectivity index (χ2v) is 3.34. The van der Waals surface area contributed by atoms with Crippen molar-refractivity contribution in [1.29, 1.82) is 0 Å². The zero-order chi connectivity index (χ0) is 11.7. The third-order valence-electron chi connectivity index (χ3n) is 2.02. The van der Waals surface area contributed by atoms with Gasteiger partial charge in [0.05, 0.1) is 11.6 Å². The van der Waals surface area contributed by atoms with E-state index in [1.54, 1.807) is 6.92 Å². The first-order valence-electron chi connectivity index (χ1n) is 4.63. The fraction of sp³-hybridized carbons (Fsp3) is 0.200. The molecule has 0 amide bonds. The molecule has 0 fully saturated rings. The van der Waals surface area contributed by atoms with E-state index in [9.17, 15) is 8.78 Å². The maximum Gasteiger partial charge on any atom is 0.243 e. The molecule has 1 heterocycles. The van der Waals surface area contributed by atoms with Crippen molar-refractivity contribution in [1.82, 2.24) is 10.1 Å². The van der Waals surface area contributed by atoms with Crippen LogP contribution in [-0.2, 0) is 0 Å². The standard InChI is InChI=1S/C10H9F2N3O/c1-5(13)10-14-9(15-16-10)8-6(11)3-2-4-7(8)12/h2-5H,13H2,1H3/t5-/m0/s1. The highest BCUT2D eigenvalue weighted by molar-refractivity contribution is 5.56. The summed E-state index contributed by atoms with van der Waals surface area (Å²) in [6.07, 6.45) is 0. The van der Waals surface area contributed by atoms with E-state index in [1.165, 1.54) is 6.07 Å². The fourth-order valence-electron chi connectivity index (χ4n) is 1.23. The van der Waals surface area contributed by atoms with Crippen molar-refractivity contribution in [2.24, 2.45) is 5.73 Å². The zero-order valence-corrected chi connectivity index (χ0v) is 8.45. The average Bonchev–Trinajstić information content (AvgIpc) is 2.66. The molecule has 1 aromatic heterocycles. The van der Waals surface area contributed by atoms with Crippen molar-refractivity contribution in [3.63, 3.8) is 0 Å². The Balaban J connectivity index is 2.50. The molecular formula is C10H9F2N3O. The van der Waals surface area contributed by atoms with E-state index >= 15 is 0 Å². The molecule has 2 aromatic rings. The number of hydrogen-bond donors (Lipinski definition) is 1. The molecule has 16 heavy (non-hydrogen) atoms. The molecule has 84 valence electrons. The van der Waals surface area contributed by atoms with E-state index in [0.29, 0.717) is 0 Å². The third kappa shape index (κ3) is 1.79. The molecular weight excluding hydrogens is 216 g/mol. The maximum atomic E-state index is 13.4. The first-order chi connectivity index (χ1) is 7.59. The molecule has 4 nitrogen and oxygen atoms in total. The molecule has 1 atom stereocenters. The van der Waals surface area contributed by atoms with Crippen LogP contribution in [0.1, 0.15) is 18.9 Å². The smallest absolute Gasteiger partial charge is 0.243 e. The van der Waals surface area contributed by atoms with E-state index in [0.717, 1.165) is 12.1 Å². The molecule has 0 aliphatic rings. The lowest BCUT2D eigenvalue weighted by atomic mass is 10.2. The van der Waals surface area contributed by atoms with Gasteiger partial charge in [0.15, 0.2) is 0 Å². The Hall–Kier alpha value is -1.82. The normalized spacial score (nSPS) is 12.8. The number of halogens is 2. The van der Waals surface area contributed by atoms with Crippen LogP contribution in [0.3, 0.4) is 0 Å². The van der Waals surface area contributed by atoms with E-state index in [4.69, 9.17) is 10.3 Å². The zero-order valence-electron chi connectivity index (χ0n) is 8.45. The minimum Gasteiger partial charge on any atom is -0.337 e. The van der Waals surface area contributed by atoms with Gasteiger partial charge < -0.3 is 10.3 Å². The Labute approximate surface area is 90.1 Å². The van der Waals surface area contributed by atoms with Gasteiger partial charge in [-0.3, -0.25) is 0 Å². The molecule has 0 saturated carbocycles. The summed E-state index contributed by atoms with van der Waals surface area (Å²) in [5.41, 5.74) is 5.19. The molecule has 0 aliphatic heterocycles. The van der Waals surface area contributed by atoms with E-state index in [2.05, 4.69) is 10.1 Å². The monoisotopic (exact) mass is 225 g/mol.